The number of furan rings is 1. The van der Waals surface area contributed by atoms with Gasteiger partial charge in [0, 0.05) is 11.5 Å². The number of nitrogens with one attached hydrogen (secondary N) is 1. The summed E-state index contributed by atoms with van der Waals surface area (Å²) in [6, 6.07) is 18.1. The van der Waals surface area contributed by atoms with E-state index in [0.717, 1.165) is 16.7 Å². The summed E-state index contributed by atoms with van der Waals surface area (Å²) in [5, 5.41) is 12.2. The Morgan fingerprint density at radius 2 is 1.67 bits per heavy atom. The van der Waals surface area contributed by atoms with Crippen LogP contribution in [-0.2, 0) is 15.1 Å². The largest absolute Gasteiger partial charge is 0.481 e. The predicted molar refractivity (Wildman–Crippen MR) is 109 cm³/mol. The highest BCUT2D eigenvalue weighted by Gasteiger charge is 2.50. The Bertz CT molecular complexity index is 1050. The van der Waals surface area contributed by atoms with Gasteiger partial charge >= 0.3 is 12.1 Å². The molecule has 0 bridgehead atoms. The number of carboxylic acids is 1. The summed E-state index contributed by atoms with van der Waals surface area (Å²) >= 11 is 0. The molecule has 0 unspecified atom stereocenters. The molecule has 30 heavy (non-hydrogen) atoms. The molecular weight excluding hydrogens is 382 g/mol. The highest BCUT2D eigenvalue weighted by atomic mass is 16.5. The molecule has 2 aliphatic rings. The van der Waals surface area contributed by atoms with Gasteiger partial charge in [0.2, 0.25) is 0 Å². The Morgan fingerprint density at radius 1 is 1.03 bits per heavy atom. The average molecular weight is 403 g/mol. The van der Waals surface area contributed by atoms with Crippen molar-refractivity contribution in [1.82, 2.24) is 5.32 Å². The first-order valence-corrected chi connectivity index (χ1v) is 9.96. The first-order chi connectivity index (χ1) is 14.6. The van der Waals surface area contributed by atoms with Crippen molar-refractivity contribution in [2.45, 2.75) is 24.3 Å². The Hall–Kier alpha value is -3.54. The third kappa shape index (κ3) is 2.96. The van der Waals surface area contributed by atoms with Crippen molar-refractivity contribution in [2.24, 2.45) is 5.92 Å². The van der Waals surface area contributed by atoms with Crippen LogP contribution in [0.4, 0.5) is 4.79 Å². The molecule has 0 spiro atoms. The highest BCUT2D eigenvalue weighted by Crippen LogP contribution is 2.47. The summed E-state index contributed by atoms with van der Waals surface area (Å²) in [7, 11) is 0. The van der Waals surface area contributed by atoms with Gasteiger partial charge in [0.1, 0.15) is 6.61 Å². The molecule has 0 radical (unpaired) electrons. The maximum absolute atomic E-state index is 12.7. The van der Waals surface area contributed by atoms with Crippen LogP contribution in [-0.4, -0.2) is 23.8 Å². The fourth-order valence-electron chi connectivity index (χ4n) is 4.73. The number of carboxylic acid groups (broad SMARTS) is 1. The van der Waals surface area contributed by atoms with Gasteiger partial charge in [-0.1, -0.05) is 48.5 Å². The number of benzene rings is 2. The maximum Gasteiger partial charge on any atom is 0.407 e. The van der Waals surface area contributed by atoms with E-state index in [9.17, 15) is 14.7 Å². The molecular formula is C24H21NO5. The minimum Gasteiger partial charge on any atom is -0.481 e. The van der Waals surface area contributed by atoms with Crippen LogP contribution in [0, 0.1) is 5.92 Å². The van der Waals surface area contributed by atoms with Crippen LogP contribution in [0.5, 0.6) is 0 Å². The number of carbonyl (C=O) groups excluding carboxylic acids is 1. The Kier molecular flexibility index (Phi) is 4.35. The third-order valence-electron chi connectivity index (χ3n) is 6.30. The number of carbonyl (C=O) groups is 2. The number of fused-ring (bicyclic) bond motifs is 3. The average Bonchev–Trinajstić information content (AvgIpc) is 3.36. The Morgan fingerprint density at radius 3 is 2.23 bits per heavy atom. The molecule has 2 N–H and O–H groups in total. The summed E-state index contributed by atoms with van der Waals surface area (Å²) < 4.78 is 10.8. The zero-order chi connectivity index (χ0) is 20.7. The van der Waals surface area contributed by atoms with Crippen molar-refractivity contribution in [3.8, 4) is 11.1 Å². The minimum atomic E-state index is -0.858. The van der Waals surface area contributed by atoms with E-state index in [-0.39, 0.29) is 12.5 Å². The molecule has 1 heterocycles. The zero-order valence-corrected chi connectivity index (χ0v) is 16.2. The SMILES string of the molecule is O=C(NC1(c2ccoc2)CC(C(=O)O)C1)OCC1c2ccccc2-c2ccccc21. The molecule has 0 saturated heterocycles. The van der Waals surface area contributed by atoms with E-state index in [0.29, 0.717) is 12.8 Å². The van der Waals surface area contributed by atoms with Crippen LogP contribution < -0.4 is 5.32 Å². The second-order valence-corrected chi connectivity index (χ2v) is 7.99. The van der Waals surface area contributed by atoms with Crippen molar-refractivity contribution < 1.29 is 23.8 Å². The lowest BCUT2D eigenvalue weighted by molar-refractivity contribution is -0.148. The lowest BCUT2D eigenvalue weighted by Crippen LogP contribution is -2.56. The van der Waals surface area contributed by atoms with Crippen molar-refractivity contribution in [3.63, 3.8) is 0 Å². The monoisotopic (exact) mass is 403 g/mol. The lowest BCUT2D eigenvalue weighted by atomic mass is 9.65. The van der Waals surface area contributed by atoms with E-state index in [4.69, 9.17) is 9.15 Å². The predicted octanol–water partition coefficient (Wildman–Crippen LogP) is 4.51. The molecule has 2 aromatic carbocycles. The molecule has 6 nitrogen and oxygen atoms in total. The lowest BCUT2D eigenvalue weighted by Gasteiger charge is -2.45. The molecule has 0 aliphatic heterocycles. The van der Waals surface area contributed by atoms with E-state index in [1.807, 2.05) is 24.3 Å². The molecule has 1 fully saturated rings. The number of hydrogen-bond donors (Lipinski definition) is 2. The van der Waals surface area contributed by atoms with Gasteiger partial charge in [-0.3, -0.25) is 4.79 Å². The number of amides is 1. The molecule has 2 aliphatic carbocycles. The summed E-state index contributed by atoms with van der Waals surface area (Å²) in [5.41, 5.74) is 4.61. The van der Waals surface area contributed by atoms with Gasteiger partial charge in [-0.05, 0) is 41.2 Å². The van der Waals surface area contributed by atoms with Crippen LogP contribution in [0.25, 0.3) is 11.1 Å². The third-order valence-corrected chi connectivity index (χ3v) is 6.30. The standard InChI is InChI=1S/C24H21NO5/c26-22(27)15-11-24(12-15,16-9-10-29-13-16)25-23(28)30-14-21-19-7-3-1-5-17(19)18-6-2-4-8-20(18)21/h1-10,13,15,21H,11-12,14H2,(H,25,28)(H,26,27). The van der Waals surface area contributed by atoms with Crippen LogP contribution in [0.15, 0.2) is 71.5 Å². The molecule has 6 heteroatoms. The first-order valence-electron chi connectivity index (χ1n) is 9.96. The summed E-state index contributed by atoms with van der Waals surface area (Å²) in [6.45, 7) is 0.212. The van der Waals surface area contributed by atoms with Crippen LogP contribution in [0.3, 0.4) is 0 Å². The smallest absolute Gasteiger partial charge is 0.407 e. The van der Waals surface area contributed by atoms with E-state index in [2.05, 4.69) is 29.6 Å². The van der Waals surface area contributed by atoms with Gasteiger partial charge in [-0.2, -0.15) is 0 Å². The fourth-order valence-corrected chi connectivity index (χ4v) is 4.73. The number of rotatable bonds is 5. The minimum absolute atomic E-state index is 0.0267. The maximum atomic E-state index is 12.7. The van der Waals surface area contributed by atoms with Crippen molar-refractivity contribution in [2.75, 3.05) is 6.61 Å². The first kappa shape index (κ1) is 18.5. The zero-order valence-electron chi connectivity index (χ0n) is 16.2. The van der Waals surface area contributed by atoms with Crippen molar-refractivity contribution in [1.29, 1.82) is 0 Å². The highest BCUT2D eigenvalue weighted by molar-refractivity contribution is 5.79. The number of alkyl carbamates (subject to hydrolysis) is 1. The van der Waals surface area contributed by atoms with Gasteiger partial charge in [0.05, 0.1) is 24.0 Å². The second kappa shape index (κ2) is 7.06. The molecule has 1 amide bonds. The topological polar surface area (TPSA) is 88.8 Å². The van der Waals surface area contributed by atoms with Crippen LogP contribution in [0.1, 0.15) is 35.4 Å². The number of hydrogen-bond acceptors (Lipinski definition) is 4. The summed E-state index contributed by atoms with van der Waals surface area (Å²) in [4.78, 5) is 24.0. The van der Waals surface area contributed by atoms with Crippen LogP contribution in [0.2, 0.25) is 0 Å². The number of ether oxygens (including phenoxy) is 1. The van der Waals surface area contributed by atoms with Gasteiger partial charge in [0.25, 0.3) is 0 Å². The van der Waals surface area contributed by atoms with Crippen molar-refractivity contribution in [3.05, 3.63) is 83.8 Å². The molecule has 152 valence electrons. The quantitative estimate of drug-likeness (QED) is 0.654. The molecule has 5 rings (SSSR count). The Balaban J connectivity index is 1.31. The molecule has 1 aromatic heterocycles. The van der Waals surface area contributed by atoms with E-state index in [1.165, 1.54) is 17.4 Å². The van der Waals surface area contributed by atoms with E-state index >= 15 is 0 Å². The van der Waals surface area contributed by atoms with Gasteiger partial charge in [0.15, 0.2) is 0 Å². The van der Waals surface area contributed by atoms with E-state index in [1.54, 1.807) is 12.3 Å². The normalized spacial score (nSPS) is 21.9. The fraction of sp³-hybridized carbons (Fsp3) is 0.250. The van der Waals surface area contributed by atoms with Crippen LogP contribution >= 0.6 is 0 Å². The number of aliphatic carboxylic acids is 1. The van der Waals surface area contributed by atoms with Gasteiger partial charge < -0.3 is 19.6 Å². The van der Waals surface area contributed by atoms with E-state index < -0.39 is 23.5 Å². The summed E-state index contributed by atoms with van der Waals surface area (Å²) in [5.74, 6) is -1.38. The summed E-state index contributed by atoms with van der Waals surface area (Å²) in [6.07, 6.45) is 3.13. The molecule has 1 saturated carbocycles. The molecule has 3 aromatic rings. The second-order valence-electron chi connectivity index (χ2n) is 7.99. The van der Waals surface area contributed by atoms with Gasteiger partial charge in [-0.15, -0.1) is 0 Å². The van der Waals surface area contributed by atoms with Crippen molar-refractivity contribution >= 4 is 12.1 Å². The van der Waals surface area contributed by atoms with Gasteiger partial charge in [-0.25, -0.2) is 4.79 Å². The Labute approximate surface area is 173 Å². The molecule has 0 atom stereocenters.